The maximum atomic E-state index is 11.5. The van der Waals surface area contributed by atoms with Crippen molar-refractivity contribution in [3.05, 3.63) is 0 Å². The number of hydrogen-bond donors (Lipinski definition) is 1. The van der Waals surface area contributed by atoms with E-state index in [1.165, 1.54) is 25.7 Å². The van der Waals surface area contributed by atoms with Gasteiger partial charge in [-0.1, -0.05) is 13.3 Å². The summed E-state index contributed by atoms with van der Waals surface area (Å²) >= 11 is 0. The predicted octanol–water partition coefficient (Wildman–Crippen LogP) is 1.28. The van der Waals surface area contributed by atoms with Crippen molar-refractivity contribution in [3.8, 4) is 0 Å². The monoisotopic (exact) mass is 276 g/mol. The highest BCUT2D eigenvalue weighted by molar-refractivity contribution is 7.91. The molecule has 1 saturated heterocycles. The van der Waals surface area contributed by atoms with Gasteiger partial charge >= 0.3 is 0 Å². The fourth-order valence-corrected chi connectivity index (χ4v) is 3.59. The first-order valence-electron chi connectivity index (χ1n) is 7.27. The van der Waals surface area contributed by atoms with Crippen LogP contribution >= 0.6 is 0 Å². The van der Waals surface area contributed by atoms with Crippen molar-refractivity contribution in [2.24, 2.45) is 0 Å². The minimum absolute atomic E-state index is 0.352. The molecular formula is C13H28N2O2S. The summed E-state index contributed by atoms with van der Waals surface area (Å²) in [6.07, 6.45) is 5.66. The zero-order valence-corrected chi connectivity index (χ0v) is 12.5. The Hall–Kier alpha value is -0.130. The summed E-state index contributed by atoms with van der Waals surface area (Å²) in [4.78, 5) is 2.31. The van der Waals surface area contributed by atoms with Gasteiger partial charge in [-0.3, -0.25) is 0 Å². The topological polar surface area (TPSA) is 49.4 Å². The highest BCUT2D eigenvalue weighted by atomic mass is 32.2. The second-order valence-electron chi connectivity index (χ2n) is 5.16. The van der Waals surface area contributed by atoms with Crippen LogP contribution in [0.25, 0.3) is 0 Å². The number of hydrogen-bond acceptors (Lipinski definition) is 4. The molecule has 5 heteroatoms. The van der Waals surface area contributed by atoms with Gasteiger partial charge in [-0.2, -0.15) is 0 Å². The molecule has 0 aliphatic carbocycles. The van der Waals surface area contributed by atoms with E-state index in [0.29, 0.717) is 11.5 Å². The maximum absolute atomic E-state index is 11.5. The SMILES string of the molecule is CCCNCCCCCN1CCCS(=O)(=O)CC1. The molecular weight excluding hydrogens is 248 g/mol. The van der Waals surface area contributed by atoms with Crippen molar-refractivity contribution < 1.29 is 8.42 Å². The molecule has 0 bridgehead atoms. The van der Waals surface area contributed by atoms with E-state index in [2.05, 4.69) is 17.1 Å². The van der Waals surface area contributed by atoms with Gasteiger partial charge in [0, 0.05) is 6.54 Å². The van der Waals surface area contributed by atoms with E-state index in [1.54, 1.807) is 0 Å². The molecule has 0 saturated carbocycles. The number of nitrogens with zero attached hydrogens (tertiary/aromatic N) is 1. The first-order valence-corrected chi connectivity index (χ1v) is 9.09. The Morgan fingerprint density at radius 3 is 2.67 bits per heavy atom. The molecule has 0 spiro atoms. The zero-order valence-electron chi connectivity index (χ0n) is 11.7. The predicted molar refractivity (Wildman–Crippen MR) is 76.7 cm³/mol. The third kappa shape index (κ3) is 7.34. The van der Waals surface area contributed by atoms with Crippen molar-refractivity contribution in [2.45, 2.75) is 39.0 Å². The minimum Gasteiger partial charge on any atom is -0.317 e. The third-order valence-corrected chi connectivity index (χ3v) is 5.12. The zero-order chi connectivity index (χ0) is 13.3. The van der Waals surface area contributed by atoms with Gasteiger partial charge in [0.15, 0.2) is 9.84 Å². The van der Waals surface area contributed by atoms with Gasteiger partial charge in [-0.05, 0) is 51.9 Å². The summed E-state index contributed by atoms with van der Waals surface area (Å²) in [6, 6.07) is 0. The molecule has 0 aromatic carbocycles. The van der Waals surface area contributed by atoms with Crippen LogP contribution in [0, 0.1) is 0 Å². The van der Waals surface area contributed by atoms with Gasteiger partial charge in [0.05, 0.1) is 11.5 Å². The number of nitrogens with one attached hydrogen (secondary N) is 1. The van der Waals surface area contributed by atoms with E-state index in [4.69, 9.17) is 0 Å². The fraction of sp³-hybridized carbons (Fsp3) is 1.00. The Morgan fingerprint density at radius 2 is 1.89 bits per heavy atom. The van der Waals surface area contributed by atoms with E-state index in [-0.39, 0.29) is 0 Å². The van der Waals surface area contributed by atoms with Crippen LogP contribution in [-0.4, -0.2) is 57.5 Å². The number of sulfone groups is 1. The summed E-state index contributed by atoms with van der Waals surface area (Å²) in [6.45, 7) is 7.15. The molecule has 4 nitrogen and oxygen atoms in total. The number of rotatable bonds is 8. The smallest absolute Gasteiger partial charge is 0.151 e. The first-order chi connectivity index (χ1) is 8.64. The summed E-state index contributed by atoms with van der Waals surface area (Å²) in [7, 11) is -2.75. The summed E-state index contributed by atoms with van der Waals surface area (Å²) in [5, 5.41) is 3.40. The first kappa shape index (κ1) is 15.9. The Labute approximate surface area is 112 Å². The Bertz CT molecular complexity index is 304. The second-order valence-corrected chi connectivity index (χ2v) is 7.46. The molecule has 0 unspecified atom stereocenters. The van der Waals surface area contributed by atoms with Crippen LogP contribution in [-0.2, 0) is 9.84 Å². The average molecular weight is 276 g/mol. The average Bonchev–Trinajstić information content (AvgIpc) is 2.50. The number of unbranched alkanes of at least 4 members (excludes halogenated alkanes) is 2. The van der Waals surface area contributed by atoms with E-state index < -0.39 is 9.84 Å². The van der Waals surface area contributed by atoms with Gasteiger partial charge in [-0.25, -0.2) is 8.42 Å². The summed E-state index contributed by atoms with van der Waals surface area (Å²) in [5.74, 6) is 0.732. The van der Waals surface area contributed by atoms with Crippen molar-refractivity contribution in [2.75, 3.05) is 44.2 Å². The molecule has 0 radical (unpaired) electrons. The molecule has 108 valence electrons. The van der Waals surface area contributed by atoms with Crippen LogP contribution in [0.15, 0.2) is 0 Å². The summed E-state index contributed by atoms with van der Waals surface area (Å²) < 4.78 is 22.9. The van der Waals surface area contributed by atoms with Crippen molar-refractivity contribution in [1.82, 2.24) is 10.2 Å². The molecule has 1 rings (SSSR count). The lowest BCUT2D eigenvalue weighted by atomic mass is 10.2. The Kier molecular flexibility index (Phi) is 7.86. The highest BCUT2D eigenvalue weighted by Gasteiger charge is 2.18. The van der Waals surface area contributed by atoms with Crippen LogP contribution in [0.3, 0.4) is 0 Å². The van der Waals surface area contributed by atoms with Crippen LogP contribution < -0.4 is 5.32 Å². The van der Waals surface area contributed by atoms with Crippen molar-refractivity contribution in [3.63, 3.8) is 0 Å². The van der Waals surface area contributed by atoms with E-state index in [1.807, 2.05) is 0 Å². The molecule has 0 amide bonds. The molecule has 0 aromatic heterocycles. The molecule has 1 aliphatic rings. The van der Waals surface area contributed by atoms with Crippen molar-refractivity contribution >= 4 is 9.84 Å². The normalized spacial score (nSPS) is 20.7. The van der Waals surface area contributed by atoms with Crippen LogP contribution in [0.1, 0.15) is 39.0 Å². The van der Waals surface area contributed by atoms with Gasteiger partial charge in [0.2, 0.25) is 0 Å². The summed E-state index contributed by atoms with van der Waals surface area (Å²) in [5.41, 5.74) is 0. The van der Waals surface area contributed by atoms with Crippen LogP contribution in [0.4, 0.5) is 0 Å². The molecule has 1 N–H and O–H groups in total. The standard InChI is InChI=1S/C13H28N2O2S/c1-2-7-14-8-4-3-5-9-15-10-6-12-18(16,17)13-11-15/h14H,2-13H2,1H3. The van der Waals surface area contributed by atoms with Gasteiger partial charge in [0.25, 0.3) is 0 Å². The van der Waals surface area contributed by atoms with E-state index in [9.17, 15) is 8.42 Å². The maximum Gasteiger partial charge on any atom is 0.151 e. The molecule has 0 aromatic rings. The quantitative estimate of drug-likeness (QED) is 0.679. The molecule has 18 heavy (non-hydrogen) atoms. The van der Waals surface area contributed by atoms with Gasteiger partial charge in [0.1, 0.15) is 0 Å². The molecule has 0 atom stereocenters. The Morgan fingerprint density at radius 1 is 1.06 bits per heavy atom. The lowest BCUT2D eigenvalue weighted by Gasteiger charge is -2.18. The van der Waals surface area contributed by atoms with Crippen LogP contribution in [0.2, 0.25) is 0 Å². The van der Waals surface area contributed by atoms with Crippen LogP contribution in [0.5, 0.6) is 0 Å². The fourth-order valence-electron chi connectivity index (χ4n) is 2.28. The lowest BCUT2D eigenvalue weighted by Crippen LogP contribution is -2.28. The van der Waals surface area contributed by atoms with Gasteiger partial charge in [-0.15, -0.1) is 0 Å². The van der Waals surface area contributed by atoms with E-state index >= 15 is 0 Å². The molecule has 1 aliphatic heterocycles. The minimum atomic E-state index is -2.75. The largest absolute Gasteiger partial charge is 0.317 e. The Balaban J connectivity index is 2.02. The van der Waals surface area contributed by atoms with Crippen molar-refractivity contribution in [1.29, 1.82) is 0 Å². The highest BCUT2D eigenvalue weighted by Crippen LogP contribution is 2.06. The molecule has 1 fully saturated rings. The van der Waals surface area contributed by atoms with E-state index in [0.717, 1.165) is 39.1 Å². The second kappa shape index (κ2) is 8.88. The lowest BCUT2D eigenvalue weighted by molar-refractivity contribution is 0.287. The molecule has 1 heterocycles. The third-order valence-electron chi connectivity index (χ3n) is 3.40. The van der Waals surface area contributed by atoms with Gasteiger partial charge < -0.3 is 10.2 Å².